The van der Waals surface area contributed by atoms with Gasteiger partial charge in [0.25, 0.3) is 0 Å². The number of benzene rings is 1. The summed E-state index contributed by atoms with van der Waals surface area (Å²) in [7, 11) is 0. The number of rotatable bonds is 2. The predicted octanol–water partition coefficient (Wildman–Crippen LogP) is 2.60. The fourth-order valence-corrected chi connectivity index (χ4v) is 2.86. The molecule has 17 heavy (non-hydrogen) atoms. The molecule has 0 aliphatic rings. The molecule has 1 N–H and O–H groups in total. The van der Waals surface area contributed by atoms with E-state index in [-0.39, 0.29) is 16.8 Å². The second-order valence-electron chi connectivity index (χ2n) is 4.20. The molecule has 0 unspecified atom stereocenters. The average molecular weight is 250 g/mol. The highest BCUT2D eigenvalue weighted by Crippen LogP contribution is 2.23. The maximum atomic E-state index is 11.8. The van der Waals surface area contributed by atoms with Crippen LogP contribution in [0.4, 0.5) is 5.69 Å². The van der Waals surface area contributed by atoms with Gasteiger partial charge >= 0.3 is 4.87 Å². The van der Waals surface area contributed by atoms with E-state index in [4.69, 9.17) is 0 Å². The maximum absolute atomic E-state index is 11.8. The van der Waals surface area contributed by atoms with E-state index in [0.717, 1.165) is 15.9 Å². The molecule has 2 rings (SSSR count). The van der Waals surface area contributed by atoms with Gasteiger partial charge in [-0.25, -0.2) is 0 Å². The summed E-state index contributed by atoms with van der Waals surface area (Å²) in [6, 6.07) is 5.66. The van der Waals surface area contributed by atoms with Crippen LogP contribution in [0.15, 0.2) is 23.0 Å². The van der Waals surface area contributed by atoms with Gasteiger partial charge in [-0.2, -0.15) is 0 Å². The molecule has 1 heterocycles. The normalized spacial score (nSPS) is 11.1. The first kappa shape index (κ1) is 11.9. The number of fused-ring (bicyclic) bond motifs is 1. The number of nitrogens with zero attached hydrogens (tertiary/aromatic N) is 1. The molecular weight excluding hydrogens is 236 g/mol. The van der Waals surface area contributed by atoms with E-state index in [9.17, 15) is 9.59 Å². The lowest BCUT2D eigenvalue weighted by molar-refractivity contribution is -0.114. The minimum Gasteiger partial charge on any atom is -0.326 e. The summed E-state index contributed by atoms with van der Waals surface area (Å²) >= 11 is 1.20. The summed E-state index contributed by atoms with van der Waals surface area (Å²) in [5.74, 6) is -0.111. The van der Waals surface area contributed by atoms with Crippen molar-refractivity contribution in [2.75, 3.05) is 5.32 Å². The first-order valence-electron chi connectivity index (χ1n) is 5.41. The number of aromatic nitrogens is 1. The van der Waals surface area contributed by atoms with Gasteiger partial charge in [0.1, 0.15) is 0 Å². The summed E-state index contributed by atoms with van der Waals surface area (Å²) in [4.78, 5) is 22.8. The molecule has 1 aromatic heterocycles. The molecule has 4 nitrogen and oxygen atoms in total. The lowest BCUT2D eigenvalue weighted by atomic mass is 10.2. The Bertz CT molecular complexity index is 625. The van der Waals surface area contributed by atoms with Gasteiger partial charge in [-0.3, -0.25) is 14.2 Å². The van der Waals surface area contributed by atoms with Gasteiger partial charge in [0.15, 0.2) is 0 Å². The van der Waals surface area contributed by atoms with Gasteiger partial charge in [-0.1, -0.05) is 11.3 Å². The number of carbonyl (C=O) groups is 1. The third-order valence-electron chi connectivity index (χ3n) is 2.45. The Hall–Kier alpha value is -1.62. The Morgan fingerprint density at radius 2 is 2.12 bits per heavy atom. The topological polar surface area (TPSA) is 51.1 Å². The van der Waals surface area contributed by atoms with Gasteiger partial charge in [0.05, 0.1) is 10.2 Å². The number of carbonyl (C=O) groups excluding carboxylic acids is 1. The molecule has 0 aliphatic heterocycles. The van der Waals surface area contributed by atoms with Crippen LogP contribution < -0.4 is 10.2 Å². The van der Waals surface area contributed by atoms with Crippen LogP contribution in [0.1, 0.15) is 26.8 Å². The molecule has 0 fully saturated rings. The number of thiazole rings is 1. The molecule has 1 amide bonds. The number of hydrogen-bond donors (Lipinski definition) is 1. The third kappa shape index (κ3) is 2.24. The molecule has 0 atom stereocenters. The summed E-state index contributed by atoms with van der Waals surface area (Å²) in [5, 5.41) is 2.71. The van der Waals surface area contributed by atoms with E-state index in [0.29, 0.717) is 0 Å². The van der Waals surface area contributed by atoms with Crippen LogP contribution in [0.5, 0.6) is 0 Å². The zero-order valence-electron chi connectivity index (χ0n) is 9.98. The van der Waals surface area contributed by atoms with Crippen LogP contribution in [0.2, 0.25) is 0 Å². The molecule has 0 spiro atoms. The Labute approximate surface area is 103 Å². The van der Waals surface area contributed by atoms with Crippen molar-refractivity contribution >= 4 is 33.1 Å². The lowest BCUT2D eigenvalue weighted by Gasteiger charge is -2.07. The SMILES string of the molecule is CC(=O)Nc1ccc2c(c1)sc(=O)n2C(C)C. The first-order chi connectivity index (χ1) is 7.99. The van der Waals surface area contributed by atoms with E-state index in [1.165, 1.54) is 18.3 Å². The number of amides is 1. The van der Waals surface area contributed by atoms with Gasteiger partial charge in [-0.15, -0.1) is 0 Å². The quantitative estimate of drug-likeness (QED) is 0.890. The minimum absolute atomic E-state index is 0.0370. The van der Waals surface area contributed by atoms with Gasteiger partial charge < -0.3 is 5.32 Å². The molecule has 0 saturated carbocycles. The van der Waals surface area contributed by atoms with Gasteiger partial charge in [-0.05, 0) is 32.0 Å². The molecule has 2 aromatic rings. The van der Waals surface area contributed by atoms with E-state index in [1.807, 2.05) is 32.0 Å². The van der Waals surface area contributed by atoms with Crippen molar-refractivity contribution in [2.24, 2.45) is 0 Å². The molecule has 90 valence electrons. The van der Waals surface area contributed by atoms with Gasteiger partial charge in [0.2, 0.25) is 5.91 Å². The van der Waals surface area contributed by atoms with Crippen LogP contribution in [-0.2, 0) is 4.79 Å². The molecule has 0 radical (unpaired) electrons. The third-order valence-corrected chi connectivity index (χ3v) is 3.37. The Morgan fingerprint density at radius 1 is 1.41 bits per heavy atom. The second kappa shape index (κ2) is 4.33. The van der Waals surface area contributed by atoms with Crippen molar-refractivity contribution < 1.29 is 4.79 Å². The molecule has 0 saturated heterocycles. The van der Waals surface area contributed by atoms with Crippen LogP contribution in [0.25, 0.3) is 10.2 Å². The minimum atomic E-state index is -0.111. The Balaban J connectivity index is 2.57. The van der Waals surface area contributed by atoms with Crippen LogP contribution in [0, 0.1) is 0 Å². The highest BCUT2D eigenvalue weighted by Gasteiger charge is 2.10. The van der Waals surface area contributed by atoms with Crippen molar-refractivity contribution in [3.63, 3.8) is 0 Å². The summed E-state index contributed by atoms with van der Waals surface area (Å²) < 4.78 is 2.66. The monoisotopic (exact) mass is 250 g/mol. The van der Waals surface area contributed by atoms with Crippen LogP contribution in [0.3, 0.4) is 0 Å². The van der Waals surface area contributed by atoms with Crippen molar-refractivity contribution in [2.45, 2.75) is 26.8 Å². The average Bonchev–Trinajstić information content (AvgIpc) is 2.51. The first-order valence-corrected chi connectivity index (χ1v) is 6.23. The zero-order valence-corrected chi connectivity index (χ0v) is 10.8. The molecular formula is C12H14N2O2S. The molecule has 0 bridgehead atoms. The van der Waals surface area contributed by atoms with E-state index in [1.54, 1.807) is 4.57 Å². The van der Waals surface area contributed by atoms with Crippen molar-refractivity contribution in [3.05, 3.63) is 27.9 Å². The lowest BCUT2D eigenvalue weighted by Crippen LogP contribution is -2.14. The summed E-state index contributed by atoms with van der Waals surface area (Å²) in [6.45, 7) is 5.43. The molecule has 0 aliphatic carbocycles. The maximum Gasteiger partial charge on any atom is 0.308 e. The molecule has 1 aromatic carbocycles. The summed E-state index contributed by atoms with van der Waals surface area (Å²) in [5.41, 5.74) is 1.64. The highest BCUT2D eigenvalue weighted by molar-refractivity contribution is 7.16. The van der Waals surface area contributed by atoms with E-state index >= 15 is 0 Å². The number of nitrogens with one attached hydrogen (secondary N) is 1. The van der Waals surface area contributed by atoms with Crippen molar-refractivity contribution in [1.29, 1.82) is 0 Å². The highest BCUT2D eigenvalue weighted by atomic mass is 32.1. The van der Waals surface area contributed by atoms with E-state index < -0.39 is 0 Å². The van der Waals surface area contributed by atoms with Crippen molar-refractivity contribution in [3.8, 4) is 0 Å². The summed E-state index contributed by atoms with van der Waals surface area (Å²) in [6.07, 6.45) is 0. The van der Waals surface area contributed by atoms with E-state index in [2.05, 4.69) is 5.32 Å². The van der Waals surface area contributed by atoms with Crippen molar-refractivity contribution in [1.82, 2.24) is 4.57 Å². The number of anilines is 1. The zero-order chi connectivity index (χ0) is 12.6. The fraction of sp³-hybridized carbons (Fsp3) is 0.333. The standard InChI is InChI=1S/C12H14N2O2S/c1-7(2)14-10-5-4-9(13-8(3)15)6-11(10)17-12(14)16/h4-7H,1-3H3,(H,13,15). The second-order valence-corrected chi connectivity index (χ2v) is 5.19. The number of hydrogen-bond acceptors (Lipinski definition) is 3. The van der Waals surface area contributed by atoms with Crippen LogP contribution in [-0.4, -0.2) is 10.5 Å². The predicted molar refractivity (Wildman–Crippen MR) is 70.8 cm³/mol. The Kier molecular flexibility index (Phi) is 3.02. The largest absolute Gasteiger partial charge is 0.326 e. The molecule has 5 heteroatoms. The smallest absolute Gasteiger partial charge is 0.308 e. The Morgan fingerprint density at radius 3 is 2.71 bits per heavy atom. The fourth-order valence-electron chi connectivity index (χ4n) is 1.81. The van der Waals surface area contributed by atoms with Crippen LogP contribution >= 0.6 is 11.3 Å². The van der Waals surface area contributed by atoms with Gasteiger partial charge in [0, 0.05) is 18.7 Å².